The molecular weight excluding hydrogens is 244 g/mol. The molecule has 18 heavy (non-hydrogen) atoms. The predicted molar refractivity (Wildman–Crippen MR) is 58.7 cm³/mol. The van der Waals surface area contributed by atoms with E-state index in [1.165, 1.54) is 28.1 Å². The van der Waals surface area contributed by atoms with E-state index in [1.807, 2.05) is 0 Å². The molecule has 1 fully saturated rings. The van der Waals surface area contributed by atoms with E-state index < -0.39 is 36.5 Å². The molecule has 0 aliphatic carbocycles. The number of hydrogen-bond donors (Lipinski definition) is 0. The minimum atomic E-state index is -0.984. The molecule has 0 aromatic heterocycles. The van der Waals surface area contributed by atoms with Crippen LogP contribution in [-0.2, 0) is 33.3 Å². The van der Waals surface area contributed by atoms with Gasteiger partial charge in [0.25, 0.3) is 0 Å². The van der Waals surface area contributed by atoms with Crippen molar-refractivity contribution in [1.29, 1.82) is 0 Å². The molecular formula is C11H18O7. The molecule has 1 aliphatic rings. The fourth-order valence-electron chi connectivity index (χ4n) is 1.81. The molecule has 0 bridgehead atoms. The molecule has 0 aromatic rings. The summed E-state index contributed by atoms with van der Waals surface area (Å²) in [5, 5.41) is 0. The smallest absolute Gasteiger partial charge is 0.305 e. The fraction of sp³-hybridized carbons (Fsp3) is 0.818. The number of carbonyl (C=O) groups excluding carboxylic acids is 2. The SMILES string of the molecule is CO[C@H]1[C@H](OC)COC(OC(C)=O)[C@@H]1OC(C)=O. The molecule has 7 nitrogen and oxygen atoms in total. The Morgan fingerprint density at radius 1 is 1.00 bits per heavy atom. The molecule has 0 aromatic carbocycles. The van der Waals surface area contributed by atoms with Gasteiger partial charge in [-0.05, 0) is 0 Å². The number of rotatable bonds is 4. The summed E-state index contributed by atoms with van der Waals surface area (Å²) in [6, 6.07) is 0. The molecule has 1 rings (SSSR count). The van der Waals surface area contributed by atoms with E-state index in [4.69, 9.17) is 23.7 Å². The highest BCUT2D eigenvalue weighted by molar-refractivity contribution is 5.67. The summed E-state index contributed by atoms with van der Waals surface area (Å²) in [6.07, 6.45) is -2.79. The van der Waals surface area contributed by atoms with Crippen LogP contribution in [0, 0.1) is 0 Å². The zero-order valence-electron chi connectivity index (χ0n) is 10.9. The van der Waals surface area contributed by atoms with Crippen molar-refractivity contribution in [2.75, 3.05) is 20.8 Å². The van der Waals surface area contributed by atoms with Gasteiger partial charge in [-0.3, -0.25) is 9.59 Å². The highest BCUT2D eigenvalue weighted by Crippen LogP contribution is 2.23. The largest absolute Gasteiger partial charge is 0.453 e. The summed E-state index contributed by atoms with van der Waals surface area (Å²) in [5.74, 6) is -1.04. The standard InChI is InChI=1S/C11H18O7/c1-6(12)17-10-9(15-4)8(14-3)5-16-11(10)18-7(2)13/h8-11H,5H2,1-4H3/t8-,9+,10-,11?/m1/s1. The first kappa shape index (κ1) is 14.9. The third-order valence-corrected chi connectivity index (χ3v) is 2.54. The maximum absolute atomic E-state index is 11.1. The first-order chi connectivity index (χ1) is 8.49. The first-order valence-corrected chi connectivity index (χ1v) is 5.51. The quantitative estimate of drug-likeness (QED) is 0.653. The number of methoxy groups -OCH3 is 2. The van der Waals surface area contributed by atoms with Crippen LogP contribution in [0.25, 0.3) is 0 Å². The maximum atomic E-state index is 11.1. The highest BCUT2D eigenvalue weighted by atomic mass is 16.7. The summed E-state index contributed by atoms with van der Waals surface area (Å²) in [5.41, 5.74) is 0. The average molecular weight is 262 g/mol. The Bertz CT molecular complexity index is 304. The molecule has 1 unspecified atom stereocenters. The topological polar surface area (TPSA) is 80.3 Å². The summed E-state index contributed by atoms with van der Waals surface area (Å²) in [4.78, 5) is 22.1. The molecule has 0 amide bonds. The van der Waals surface area contributed by atoms with Crippen LogP contribution in [0.1, 0.15) is 13.8 Å². The van der Waals surface area contributed by atoms with Gasteiger partial charge < -0.3 is 23.7 Å². The van der Waals surface area contributed by atoms with Gasteiger partial charge in [0, 0.05) is 28.1 Å². The summed E-state index contributed by atoms with van der Waals surface area (Å²) in [6.45, 7) is 2.69. The molecule has 104 valence electrons. The lowest BCUT2D eigenvalue weighted by Gasteiger charge is -2.39. The Hall–Kier alpha value is -1.18. The van der Waals surface area contributed by atoms with Gasteiger partial charge in [0.05, 0.1) is 6.61 Å². The second-order valence-corrected chi connectivity index (χ2v) is 3.86. The Balaban J connectivity index is 2.84. The third-order valence-electron chi connectivity index (χ3n) is 2.54. The minimum Gasteiger partial charge on any atom is -0.453 e. The summed E-state index contributed by atoms with van der Waals surface area (Å²) in [7, 11) is 2.96. The predicted octanol–water partition coefficient (Wildman–Crippen LogP) is -0.133. The number of esters is 2. The van der Waals surface area contributed by atoms with E-state index in [9.17, 15) is 9.59 Å². The summed E-state index contributed by atoms with van der Waals surface area (Å²) < 4.78 is 25.8. The van der Waals surface area contributed by atoms with E-state index >= 15 is 0 Å². The average Bonchev–Trinajstić information content (AvgIpc) is 2.29. The van der Waals surface area contributed by atoms with Gasteiger partial charge in [-0.1, -0.05) is 0 Å². The van der Waals surface area contributed by atoms with Crippen molar-refractivity contribution < 1.29 is 33.3 Å². The number of ether oxygens (including phenoxy) is 5. The van der Waals surface area contributed by atoms with E-state index in [1.54, 1.807) is 0 Å². The second-order valence-electron chi connectivity index (χ2n) is 3.86. The highest BCUT2D eigenvalue weighted by Gasteiger charge is 2.45. The van der Waals surface area contributed by atoms with Gasteiger partial charge in [-0.25, -0.2) is 0 Å². The maximum Gasteiger partial charge on any atom is 0.305 e. The molecule has 0 radical (unpaired) electrons. The van der Waals surface area contributed by atoms with Gasteiger partial charge in [0.1, 0.15) is 12.2 Å². The van der Waals surface area contributed by atoms with E-state index in [0.29, 0.717) is 0 Å². The van der Waals surface area contributed by atoms with Crippen LogP contribution in [0.15, 0.2) is 0 Å². The van der Waals surface area contributed by atoms with Crippen LogP contribution < -0.4 is 0 Å². The van der Waals surface area contributed by atoms with Crippen LogP contribution in [0.3, 0.4) is 0 Å². The van der Waals surface area contributed by atoms with Crippen LogP contribution >= 0.6 is 0 Å². The van der Waals surface area contributed by atoms with Crippen LogP contribution in [0.5, 0.6) is 0 Å². The lowest BCUT2D eigenvalue weighted by molar-refractivity contribution is -0.274. The van der Waals surface area contributed by atoms with Crippen LogP contribution in [-0.4, -0.2) is 57.4 Å². The van der Waals surface area contributed by atoms with Gasteiger partial charge in [0.15, 0.2) is 6.10 Å². The molecule has 1 heterocycles. The van der Waals surface area contributed by atoms with Gasteiger partial charge in [-0.15, -0.1) is 0 Å². The molecule has 7 heteroatoms. The van der Waals surface area contributed by atoms with Crippen molar-refractivity contribution in [3.8, 4) is 0 Å². The van der Waals surface area contributed by atoms with Crippen molar-refractivity contribution in [3.05, 3.63) is 0 Å². The van der Waals surface area contributed by atoms with Crippen molar-refractivity contribution in [3.63, 3.8) is 0 Å². The van der Waals surface area contributed by atoms with Gasteiger partial charge in [0.2, 0.25) is 6.29 Å². The Kier molecular flexibility index (Phi) is 5.52. The third kappa shape index (κ3) is 3.66. The first-order valence-electron chi connectivity index (χ1n) is 5.51. The molecule has 0 spiro atoms. The molecule has 4 atom stereocenters. The Morgan fingerprint density at radius 3 is 2.06 bits per heavy atom. The van der Waals surface area contributed by atoms with Crippen molar-refractivity contribution in [2.45, 2.75) is 38.4 Å². The molecule has 1 saturated heterocycles. The Morgan fingerprint density at radius 2 is 1.61 bits per heavy atom. The van der Waals surface area contributed by atoms with Gasteiger partial charge in [-0.2, -0.15) is 0 Å². The van der Waals surface area contributed by atoms with Crippen molar-refractivity contribution >= 4 is 11.9 Å². The van der Waals surface area contributed by atoms with Crippen LogP contribution in [0.4, 0.5) is 0 Å². The zero-order valence-corrected chi connectivity index (χ0v) is 10.9. The molecule has 0 saturated carbocycles. The zero-order chi connectivity index (χ0) is 13.7. The van der Waals surface area contributed by atoms with E-state index in [2.05, 4.69) is 0 Å². The lowest BCUT2D eigenvalue weighted by atomic mass is 10.0. The lowest BCUT2D eigenvalue weighted by Crippen LogP contribution is -2.57. The van der Waals surface area contributed by atoms with Crippen LogP contribution in [0.2, 0.25) is 0 Å². The minimum absolute atomic E-state index is 0.185. The van der Waals surface area contributed by atoms with E-state index in [-0.39, 0.29) is 6.61 Å². The van der Waals surface area contributed by atoms with E-state index in [0.717, 1.165) is 0 Å². The summed E-state index contributed by atoms with van der Waals surface area (Å²) >= 11 is 0. The van der Waals surface area contributed by atoms with Crippen molar-refractivity contribution in [1.82, 2.24) is 0 Å². The fourth-order valence-corrected chi connectivity index (χ4v) is 1.81. The Labute approximate surface area is 105 Å². The molecule has 1 aliphatic heterocycles. The molecule has 0 N–H and O–H groups in total. The second kappa shape index (κ2) is 6.67. The number of hydrogen-bond acceptors (Lipinski definition) is 7. The monoisotopic (exact) mass is 262 g/mol. The van der Waals surface area contributed by atoms with Crippen molar-refractivity contribution in [2.24, 2.45) is 0 Å². The van der Waals surface area contributed by atoms with Gasteiger partial charge >= 0.3 is 11.9 Å². The number of carbonyl (C=O) groups is 2. The normalized spacial score (nSPS) is 31.8.